The molecule has 1 fully saturated rings. The summed E-state index contributed by atoms with van der Waals surface area (Å²) in [5.41, 5.74) is 0. The first-order chi connectivity index (χ1) is 39.6. The first kappa shape index (κ1) is 78.1. The van der Waals surface area contributed by atoms with Crippen LogP contribution in [0.15, 0.2) is 0 Å². The molecule has 1 aliphatic rings. The molecule has 0 aromatic heterocycles. The minimum atomic E-state index is -1.73. The molecule has 1 rings (SSSR count). The summed E-state index contributed by atoms with van der Waals surface area (Å²) in [6, 6.07) is -13.1. The predicted molar refractivity (Wildman–Crippen MR) is 330 cm³/mol. The average Bonchev–Trinajstić information content (AvgIpc) is 2.16. The molecule has 0 aromatic rings. The topological polar surface area (TPSA) is 299 Å². The molecule has 2 unspecified atom stereocenters. The van der Waals surface area contributed by atoms with Gasteiger partial charge in [0.05, 0.1) is 18.8 Å². The van der Waals surface area contributed by atoms with E-state index < -0.39 is 162 Å². The molecule has 0 aliphatic carbocycles. The summed E-state index contributed by atoms with van der Waals surface area (Å²) in [5.74, 6) is -10.5. The Morgan fingerprint density at radius 2 is 0.814 bits per heavy atom. The zero-order valence-electron chi connectivity index (χ0n) is 56.6. The van der Waals surface area contributed by atoms with Crippen molar-refractivity contribution in [3.63, 3.8) is 0 Å². The van der Waals surface area contributed by atoms with Gasteiger partial charge in [0.2, 0.25) is 65.0 Å². The lowest BCUT2D eigenvalue weighted by Crippen LogP contribution is -2.64. The zero-order valence-corrected chi connectivity index (χ0v) is 56.6. The average molecular weight is 1220 g/mol. The van der Waals surface area contributed by atoms with Crippen LogP contribution in [0.5, 0.6) is 0 Å². The minimum Gasteiger partial charge on any atom is -0.391 e. The van der Waals surface area contributed by atoms with Crippen LogP contribution in [0, 0.1) is 41.4 Å². The lowest BCUT2D eigenvalue weighted by Gasteiger charge is -2.41. The van der Waals surface area contributed by atoms with Gasteiger partial charge in [-0.1, -0.05) is 110 Å². The lowest BCUT2D eigenvalue weighted by molar-refractivity contribution is -0.157. The Hall–Kier alpha value is -5.91. The van der Waals surface area contributed by atoms with E-state index >= 15 is 9.59 Å². The fraction of sp³-hybridized carbons (Fsp3) is 0.823. The molecule has 1 saturated heterocycles. The fourth-order valence-corrected chi connectivity index (χ4v) is 10.9. The quantitative estimate of drug-likeness (QED) is 0.130. The number of hydrogen-bond donors (Lipinski definition) is 6. The zero-order chi connectivity index (χ0) is 66.8. The Morgan fingerprint density at radius 1 is 0.419 bits per heavy atom. The van der Waals surface area contributed by atoms with Crippen LogP contribution in [0.2, 0.25) is 0 Å². The predicted octanol–water partition coefficient (Wildman–Crippen LogP) is 2.46. The molecular weight excluding hydrogens is 1110 g/mol. The highest BCUT2D eigenvalue weighted by Gasteiger charge is 2.46. The van der Waals surface area contributed by atoms with Crippen molar-refractivity contribution in [2.75, 3.05) is 55.9 Å². The summed E-state index contributed by atoms with van der Waals surface area (Å²) in [5, 5.41) is 34.1. The normalized spacial score (nSPS) is 27.0. The van der Waals surface area contributed by atoms with Gasteiger partial charge < -0.3 is 65.8 Å². The van der Waals surface area contributed by atoms with E-state index in [0.717, 1.165) is 21.1 Å². The molecular formula is C62H113N11O13. The standard InChI is InChI=1S/C62H113N11O13/c1-25-26-27-39(14)52(76)51-56(80)66-49(42(17)74)60(84)67(18)32-47(75)68(19)43(28-33(2)3)55(79)65-48(37(10)11)61(85)69(20)44(29-34(4)5)54(78)63-40(15)53(77)64-41(16)57(81)70(21)45(30-35(6)7)58(82)71(22)46(31-36(8)9)59(83)72(23)50(38(12)13)62(86)73(51)24/h33-46,48-52,74,76H,25-32H2,1-24H3,(H,63,78)(H,64,77)(H,65,79)(H,66,80)/t39?,40-,41-,42+,43-,44-,45-,46-,48-,49-,50-,51+,52?/m0/s1. The number of rotatable bonds is 16. The Morgan fingerprint density at radius 3 is 1.26 bits per heavy atom. The summed E-state index contributed by atoms with van der Waals surface area (Å²) >= 11 is 0. The molecule has 24 nitrogen and oxygen atoms in total. The number of nitrogens with zero attached hydrogens (tertiary/aromatic N) is 7. The van der Waals surface area contributed by atoms with Crippen LogP contribution in [0.4, 0.5) is 0 Å². The maximum absolute atomic E-state index is 15.2. The number of aliphatic hydroxyl groups is 2. The van der Waals surface area contributed by atoms with E-state index in [1.165, 1.54) is 89.7 Å². The third-order valence-corrected chi connectivity index (χ3v) is 16.4. The van der Waals surface area contributed by atoms with Crippen molar-refractivity contribution in [3.05, 3.63) is 0 Å². The SMILES string of the molecule is CCCCC(C)C(O)[C@@H]1C(=O)N[C@@H]([C@@H](C)O)C(=O)N(C)CC(=O)N(C)[C@@H](CC(C)C)C(=O)N[C@@H](C(C)C)C(=O)N(C)[C@@H](CC(C)C)C(=O)N[C@@H](C)C(=O)N[C@@H](C)C(=O)N(C)[C@@H](CC(C)C)C(=O)N(C)[C@@H](CC(C)C)C(=O)N(C)[C@@H](C(C)C)C(=O)N1C. The molecule has 13 atom stereocenters. The van der Waals surface area contributed by atoms with Crippen LogP contribution in [-0.4, -0.2) is 238 Å². The van der Waals surface area contributed by atoms with E-state index in [0.29, 0.717) is 12.8 Å². The Bertz CT molecular complexity index is 2310. The molecule has 6 N–H and O–H groups in total. The molecule has 86 heavy (non-hydrogen) atoms. The minimum absolute atomic E-state index is 0.117. The van der Waals surface area contributed by atoms with E-state index in [4.69, 9.17) is 0 Å². The number of carbonyl (C=O) groups is 11. The van der Waals surface area contributed by atoms with Gasteiger partial charge in [0.1, 0.15) is 60.4 Å². The number of aliphatic hydroxyl groups excluding tert-OH is 2. The van der Waals surface area contributed by atoms with Crippen LogP contribution >= 0.6 is 0 Å². The Kier molecular flexibility index (Phi) is 31.9. The van der Waals surface area contributed by atoms with Gasteiger partial charge in [0.15, 0.2) is 0 Å². The fourth-order valence-electron chi connectivity index (χ4n) is 10.9. The van der Waals surface area contributed by atoms with E-state index in [9.17, 15) is 53.4 Å². The van der Waals surface area contributed by atoms with E-state index in [1.807, 2.05) is 62.3 Å². The maximum atomic E-state index is 15.2. The summed E-state index contributed by atoms with van der Waals surface area (Å²) in [4.78, 5) is 168. The van der Waals surface area contributed by atoms with Crippen LogP contribution < -0.4 is 21.3 Å². The van der Waals surface area contributed by atoms with Crippen LogP contribution in [-0.2, 0) is 52.7 Å². The van der Waals surface area contributed by atoms with Crippen molar-refractivity contribution in [2.24, 2.45) is 41.4 Å². The number of unbranched alkanes of at least 4 members (excludes halogenated alkanes) is 1. The Labute approximate surface area is 514 Å². The monoisotopic (exact) mass is 1220 g/mol. The second-order valence-corrected chi connectivity index (χ2v) is 26.7. The van der Waals surface area contributed by atoms with E-state index in [-0.39, 0.29) is 49.4 Å². The molecule has 1 heterocycles. The molecule has 494 valence electrons. The van der Waals surface area contributed by atoms with Crippen molar-refractivity contribution in [1.29, 1.82) is 0 Å². The van der Waals surface area contributed by atoms with Gasteiger partial charge in [-0.25, -0.2) is 0 Å². The van der Waals surface area contributed by atoms with E-state index in [2.05, 4.69) is 21.3 Å². The van der Waals surface area contributed by atoms with Crippen LogP contribution in [0.25, 0.3) is 0 Å². The smallest absolute Gasteiger partial charge is 0.248 e. The van der Waals surface area contributed by atoms with Gasteiger partial charge in [-0.2, -0.15) is 0 Å². The number of carbonyl (C=O) groups excluding carboxylic acids is 11. The first-order valence-corrected chi connectivity index (χ1v) is 31.0. The molecule has 11 amide bonds. The first-order valence-electron chi connectivity index (χ1n) is 31.0. The molecule has 0 bridgehead atoms. The van der Waals surface area contributed by atoms with Crippen LogP contribution in [0.1, 0.15) is 163 Å². The third-order valence-electron chi connectivity index (χ3n) is 16.4. The Balaban J connectivity index is 4.36. The molecule has 0 radical (unpaired) electrons. The summed E-state index contributed by atoms with van der Waals surface area (Å²) < 4.78 is 0. The van der Waals surface area contributed by atoms with Crippen LogP contribution in [0.3, 0.4) is 0 Å². The lowest BCUT2D eigenvalue weighted by atomic mass is 9.90. The number of hydrogen-bond acceptors (Lipinski definition) is 13. The van der Waals surface area contributed by atoms with Gasteiger partial charge in [-0.05, 0) is 94.3 Å². The van der Waals surface area contributed by atoms with Gasteiger partial charge in [-0.3, -0.25) is 52.7 Å². The van der Waals surface area contributed by atoms with Gasteiger partial charge >= 0.3 is 0 Å². The number of nitrogens with one attached hydrogen (secondary N) is 4. The van der Waals surface area contributed by atoms with Crippen molar-refractivity contribution in [3.8, 4) is 0 Å². The summed E-state index contributed by atoms with van der Waals surface area (Å²) in [6.45, 7) is 28.8. The summed E-state index contributed by atoms with van der Waals surface area (Å²) in [7, 11) is 9.68. The van der Waals surface area contributed by atoms with Crippen molar-refractivity contribution in [1.82, 2.24) is 55.6 Å². The van der Waals surface area contributed by atoms with Gasteiger partial charge in [-0.15, -0.1) is 0 Å². The molecule has 0 aromatic carbocycles. The number of amides is 11. The van der Waals surface area contributed by atoms with Crippen molar-refractivity contribution in [2.45, 2.75) is 235 Å². The summed E-state index contributed by atoms with van der Waals surface area (Å²) in [6.07, 6.45) is -0.752. The highest BCUT2D eigenvalue weighted by atomic mass is 16.3. The second kappa shape index (κ2) is 35.2. The van der Waals surface area contributed by atoms with Gasteiger partial charge in [0.25, 0.3) is 0 Å². The molecule has 24 heteroatoms. The molecule has 0 spiro atoms. The third kappa shape index (κ3) is 21.7. The largest absolute Gasteiger partial charge is 0.391 e. The maximum Gasteiger partial charge on any atom is 0.248 e. The number of likely N-dealkylation sites (N-methyl/N-ethyl adjacent to an activating group) is 7. The second-order valence-electron chi connectivity index (χ2n) is 26.7. The highest BCUT2D eigenvalue weighted by molar-refractivity contribution is 5.99. The molecule has 0 saturated carbocycles. The molecule has 1 aliphatic heterocycles. The van der Waals surface area contributed by atoms with E-state index in [1.54, 1.807) is 34.6 Å². The highest BCUT2D eigenvalue weighted by Crippen LogP contribution is 2.26. The van der Waals surface area contributed by atoms with Gasteiger partial charge in [0, 0.05) is 49.3 Å². The van der Waals surface area contributed by atoms with Crippen molar-refractivity contribution < 1.29 is 63.0 Å². The van der Waals surface area contributed by atoms with Crippen molar-refractivity contribution >= 4 is 65.0 Å².